The van der Waals surface area contributed by atoms with Crippen LogP contribution in [-0.2, 0) is 6.54 Å². The van der Waals surface area contributed by atoms with Crippen LogP contribution < -0.4 is 10.1 Å². The van der Waals surface area contributed by atoms with E-state index in [2.05, 4.69) is 17.4 Å². The van der Waals surface area contributed by atoms with Crippen LogP contribution in [0.15, 0.2) is 24.3 Å². The van der Waals surface area contributed by atoms with E-state index in [1.165, 1.54) is 24.8 Å². The van der Waals surface area contributed by atoms with Crippen molar-refractivity contribution in [3.8, 4) is 5.75 Å². The Hall–Kier alpha value is -0.730. The van der Waals surface area contributed by atoms with E-state index in [9.17, 15) is 0 Å². The predicted octanol–water partition coefficient (Wildman–Crippen LogP) is 3.58. The van der Waals surface area contributed by atoms with Gasteiger partial charge in [-0.15, -0.1) is 11.6 Å². The first-order valence-corrected chi connectivity index (χ1v) is 6.80. The number of benzene rings is 1. The number of hydrogen-bond donors (Lipinski definition) is 1. The van der Waals surface area contributed by atoms with Gasteiger partial charge in [0.05, 0.1) is 7.11 Å². The number of alkyl halides is 1. The van der Waals surface area contributed by atoms with E-state index in [1.54, 1.807) is 7.11 Å². The smallest absolute Gasteiger partial charge is 0.119 e. The van der Waals surface area contributed by atoms with Crippen LogP contribution in [0.1, 0.15) is 31.2 Å². The van der Waals surface area contributed by atoms with Gasteiger partial charge in [-0.1, -0.05) is 25.0 Å². The fourth-order valence-electron chi connectivity index (χ4n) is 1.71. The lowest BCUT2D eigenvalue weighted by Crippen LogP contribution is -2.14. The van der Waals surface area contributed by atoms with Crippen molar-refractivity contribution in [1.82, 2.24) is 5.32 Å². The number of ether oxygens (including phenoxy) is 1. The average molecular weight is 256 g/mol. The number of hydrogen-bond acceptors (Lipinski definition) is 2. The predicted molar refractivity (Wildman–Crippen MR) is 73.9 cm³/mol. The summed E-state index contributed by atoms with van der Waals surface area (Å²) in [6.45, 7) is 1.98. The Morgan fingerprint density at radius 3 is 2.76 bits per heavy atom. The molecule has 0 aliphatic rings. The Balaban J connectivity index is 2.09. The summed E-state index contributed by atoms with van der Waals surface area (Å²) in [6, 6.07) is 8.18. The lowest BCUT2D eigenvalue weighted by atomic mass is 10.2. The summed E-state index contributed by atoms with van der Waals surface area (Å²) in [6.07, 6.45) is 4.86. The van der Waals surface area contributed by atoms with Crippen LogP contribution in [0.2, 0.25) is 0 Å². The molecule has 0 aliphatic heterocycles. The molecule has 1 aromatic rings. The molecule has 0 unspecified atom stereocenters. The van der Waals surface area contributed by atoms with Gasteiger partial charge in [-0.3, -0.25) is 0 Å². The number of rotatable bonds is 9. The molecule has 0 bridgehead atoms. The van der Waals surface area contributed by atoms with Crippen LogP contribution in [0.5, 0.6) is 5.75 Å². The highest BCUT2D eigenvalue weighted by Gasteiger charge is 1.95. The average Bonchev–Trinajstić information content (AvgIpc) is 2.38. The van der Waals surface area contributed by atoms with Crippen molar-refractivity contribution in [2.24, 2.45) is 0 Å². The molecule has 0 aliphatic carbocycles. The first-order chi connectivity index (χ1) is 8.36. The Labute approximate surface area is 109 Å². The number of halogens is 1. The molecule has 1 aromatic carbocycles. The fourth-order valence-corrected chi connectivity index (χ4v) is 1.90. The number of nitrogens with one attached hydrogen (secondary N) is 1. The molecule has 0 saturated heterocycles. The van der Waals surface area contributed by atoms with Crippen molar-refractivity contribution in [3.63, 3.8) is 0 Å². The zero-order chi connectivity index (χ0) is 12.3. The molecule has 0 heterocycles. The molecule has 0 radical (unpaired) electrons. The lowest BCUT2D eigenvalue weighted by molar-refractivity contribution is 0.414. The van der Waals surface area contributed by atoms with Crippen molar-refractivity contribution in [3.05, 3.63) is 29.8 Å². The highest BCUT2D eigenvalue weighted by Crippen LogP contribution is 2.12. The molecule has 3 heteroatoms. The van der Waals surface area contributed by atoms with Gasteiger partial charge in [-0.2, -0.15) is 0 Å². The van der Waals surface area contributed by atoms with Gasteiger partial charge in [0.2, 0.25) is 0 Å². The van der Waals surface area contributed by atoms with Gasteiger partial charge in [0.15, 0.2) is 0 Å². The van der Waals surface area contributed by atoms with Crippen LogP contribution in [0, 0.1) is 0 Å². The summed E-state index contributed by atoms with van der Waals surface area (Å²) in [5, 5.41) is 3.44. The number of methoxy groups -OCH3 is 1. The van der Waals surface area contributed by atoms with Crippen molar-refractivity contribution < 1.29 is 4.74 Å². The minimum Gasteiger partial charge on any atom is -0.497 e. The molecule has 0 saturated carbocycles. The highest BCUT2D eigenvalue weighted by molar-refractivity contribution is 6.17. The van der Waals surface area contributed by atoms with Gasteiger partial charge in [0.1, 0.15) is 5.75 Å². The molecular weight excluding hydrogens is 234 g/mol. The molecule has 0 amide bonds. The van der Waals surface area contributed by atoms with Gasteiger partial charge in [0.25, 0.3) is 0 Å². The zero-order valence-corrected chi connectivity index (χ0v) is 11.3. The largest absolute Gasteiger partial charge is 0.497 e. The second-order valence-electron chi connectivity index (χ2n) is 4.13. The summed E-state index contributed by atoms with van der Waals surface area (Å²) in [7, 11) is 1.70. The molecule has 96 valence electrons. The topological polar surface area (TPSA) is 21.3 Å². The van der Waals surface area contributed by atoms with Gasteiger partial charge in [-0.25, -0.2) is 0 Å². The molecule has 1 N–H and O–H groups in total. The van der Waals surface area contributed by atoms with Gasteiger partial charge >= 0.3 is 0 Å². The quantitative estimate of drug-likeness (QED) is 0.538. The van der Waals surface area contributed by atoms with Crippen molar-refractivity contribution in [2.75, 3.05) is 19.5 Å². The van der Waals surface area contributed by atoms with E-state index in [0.717, 1.165) is 31.1 Å². The third-order valence-electron chi connectivity index (χ3n) is 2.70. The molecule has 0 atom stereocenters. The SMILES string of the molecule is COc1cccc(CNCCCCCCCl)c1. The van der Waals surface area contributed by atoms with E-state index in [-0.39, 0.29) is 0 Å². The third kappa shape index (κ3) is 6.54. The normalized spacial score (nSPS) is 10.5. The summed E-state index contributed by atoms with van der Waals surface area (Å²) >= 11 is 5.62. The van der Waals surface area contributed by atoms with Crippen LogP contribution in [-0.4, -0.2) is 19.5 Å². The highest BCUT2D eigenvalue weighted by atomic mass is 35.5. The van der Waals surface area contributed by atoms with Gasteiger partial charge in [-0.05, 0) is 37.1 Å². The summed E-state index contributed by atoms with van der Waals surface area (Å²) in [4.78, 5) is 0. The lowest BCUT2D eigenvalue weighted by Gasteiger charge is -2.06. The van der Waals surface area contributed by atoms with E-state index >= 15 is 0 Å². The van der Waals surface area contributed by atoms with Crippen LogP contribution >= 0.6 is 11.6 Å². The summed E-state index contributed by atoms with van der Waals surface area (Å²) in [5.74, 6) is 1.71. The first-order valence-electron chi connectivity index (χ1n) is 6.26. The van der Waals surface area contributed by atoms with Crippen molar-refractivity contribution in [1.29, 1.82) is 0 Å². The molecule has 0 aromatic heterocycles. The molecule has 0 fully saturated rings. The zero-order valence-electron chi connectivity index (χ0n) is 10.5. The Bertz CT molecular complexity index is 304. The number of unbranched alkanes of at least 4 members (excludes halogenated alkanes) is 3. The van der Waals surface area contributed by atoms with E-state index < -0.39 is 0 Å². The fraction of sp³-hybridized carbons (Fsp3) is 0.571. The maximum Gasteiger partial charge on any atom is 0.119 e. The molecular formula is C14H22ClNO. The second-order valence-corrected chi connectivity index (χ2v) is 4.51. The van der Waals surface area contributed by atoms with E-state index in [0.29, 0.717) is 0 Å². The maximum absolute atomic E-state index is 5.62. The maximum atomic E-state index is 5.62. The molecule has 1 rings (SSSR count). The van der Waals surface area contributed by atoms with E-state index in [1.807, 2.05) is 12.1 Å². The van der Waals surface area contributed by atoms with Crippen LogP contribution in [0.3, 0.4) is 0 Å². The summed E-state index contributed by atoms with van der Waals surface area (Å²) < 4.78 is 5.19. The van der Waals surface area contributed by atoms with Gasteiger partial charge < -0.3 is 10.1 Å². The molecule has 2 nitrogen and oxygen atoms in total. The Morgan fingerprint density at radius 1 is 1.18 bits per heavy atom. The first kappa shape index (κ1) is 14.3. The minimum atomic E-state index is 0.789. The third-order valence-corrected chi connectivity index (χ3v) is 2.97. The Kier molecular flexibility index (Phi) is 7.85. The Morgan fingerprint density at radius 2 is 2.00 bits per heavy atom. The minimum absolute atomic E-state index is 0.789. The second kappa shape index (κ2) is 9.32. The summed E-state index contributed by atoms with van der Waals surface area (Å²) in [5.41, 5.74) is 1.27. The standard InChI is InChI=1S/C14H22ClNO/c1-17-14-8-6-7-13(11-14)12-16-10-5-3-2-4-9-15/h6-8,11,16H,2-5,9-10,12H2,1H3. The van der Waals surface area contributed by atoms with Crippen molar-refractivity contribution in [2.45, 2.75) is 32.2 Å². The van der Waals surface area contributed by atoms with Crippen LogP contribution in [0.25, 0.3) is 0 Å². The molecule has 17 heavy (non-hydrogen) atoms. The van der Waals surface area contributed by atoms with Crippen LogP contribution in [0.4, 0.5) is 0 Å². The monoisotopic (exact) mass is 255 g/mol. The molecule has 0 spiro atoms. The van der Waals surface area contributed by atoms with E-state index in [4.69, 9.17) is 16.3 Å². The van der Waals surface area contributed by atoms with Gasteiger partial charge in [0, 0.05) is 12.4 Å². The van der Waals surface area contributed by atoms with Crippen molar-refractivity contribution >= 4 is 11.6 Å².